The van der Waals surface area contributed by atoms with Crippen LogP contribution in [0.4, 0.5) is 10.1 Å². The first kappa shape index (κ1) is 18.4. The van der Waals surface area contributed by atoms with Gasteiger partial charge in [0.2, 0.25) is 0 Å². The fraction of sp³-hybridized carbons (Fsp3) is 0.240. The van der Waals surface area contributed by atoms with E-state index in [1.54, 1.807) is 12.1 Å². The molecule has 0 saturated carbocycles. The van der Waals surface area contributed by atoms with E-state index < -0.39 is 5.54 Å². The van der Waals surface area contributed by atoms with Crippen molar-refractivity contribution >= 4 is 11.6 Å². The number of benzene rings is 3. The van der Waals surface area contributed by atoms with Crippen molar-refractivity contribution in [2.75, 3.05) is 4.90 Å². The maximum absolute atomic E-state index is 13.4. The van der Waals surface area contributed by atoms with E-state index in [4.69, 9.17) is 0 Å². The molecule has 3 aromatic rings. The van der Waals surface area contributed by atoms with Crippen LogP contribution in [0.1, 0.15) is 48.7 Å². The third kappa shape index (κ3) is 2.91. The molecule has 1 aliphatic rings. The molecule has 0 fully saturated rings. The van der Waals surface area contributed by atoms with Gasteiger partial charge in [-0.25, -0.2) is 4.39 Å². The first-order valence-electron chi connectivity index (χ1n) is 9.58. The zero-order chi connectivity index (χ0) is 19.9. The molecule has 2 nitrogen and oxygen atoms in total. The van der Waals surface area contributed by atoms with Gasteiger partial charge in [0.15, 0.2) is 0 Å². The van der Waals surface area contributed by atoms with E-state index in [1.165, 1.54) is 17.7 Å². The molecule has 0 radical (unpaired) electrons. The smallest absolute Gasteiger partial charge is 0.258 e. The van der Waals surface area contributed by atoms with Gasteiger partial charge < -0.3 is 4.90 Å². The third-order valence-corrected chi connectivity index (χ3v) is 5.84. The van der Waals surface area contributed by atoms with E-state index in [0.29, 0.717) is 5.56 Å². The quantitative estimate of drug-likeness (QED) is 0.543. The van der Waals surface area contributed by atoms with Crippen LogP contribution in [0.3, 0.4) is 0 Å². The largest absolute Gasteiger partial charge is 0.302 e. The molecule has 1 atom stereocenters. The standard InChI is InChI=1S/C25H24FNO/c1-24(2)17-25(3,19-9-5-4-6-10-19)21-11-7-8-12-22(21)27(24)23(28)18-13-15-20(26)16-14-18/h4-16H,17H2,1-3H3. The van der Waals surface area contributed by atoms with Gasteiger partial charge in [-0.2, -0.15) is 0 Å². The zero-order valence-electron chi connectivity index (χ0n) is 16.4. The number of anilines is 1. The molecule has 1 unspecified atom stereocenters. The van der Waals surface area contributed by atoms with Crippen LogP contribution in [0, 0.1) is 5.82 Å². The predicted molar refractivity (Wildman–Crippen MR) is 111 cm³/mol. The van der Waals surface area contributed by atoms with Crippen LogP contribution in [0.2, 0.25) is 0 Å². The Hall–Kier alpha value is -2.94. The summed E-state index contributed by atoms with van der Waals surface area (Å²) in [5.41, 5.74) is 3.16. The number of hydrogen-bond acceptors (Lipinski definition) is 1. The fourth-order valence-corrected chi connectivity index (χ4v) is 4.67. The van der Waals surface area contributed by atoms with Gasteiger partial charge in [-0.3, -0.25) is 4.79 Å². The van der Waals surface area contributed by atoms with Crippen LogP contribution in [-0.2, 0) is 5.41 Å². The molecule has 1 aliphatic heterocycles. The number of rotatable bonds is 2. The van der Waals surface area contributed by atoms with Crippen LogP contribution in [0.5, 0.6) is 0 Å². The summed E-state index contributed by atoms with van der Waals surface area (Å²) in [5, 5.41) is 0. The summed E-state index contributed by atoms with van der Waals surface area (Å²) in [5.74, 6) is -0.445. The van der Waals surface area contributed by atoms with E-state index in [0.717, 1.165) is 17.7 Å². The van der Waals surface area contributed by atoms with E-state index in [2.05, 4.69) is 51.1 Å². The van der Waals surface area contributed by atoms with Crippen LogP contribution >= 0.6 is 0 Å². The highest BCUT2D eigenvalue weighted by Crippen LogP contribution is 2.50. The number of amides is 1. The Bertz CT molecular complexity index is 1010. The Morgan fingerprint density at radius 1 is 0.857 bits per heavy atom. The summed E-state index contributed by atoms with van der Waals surface area (Å²) in [6, 6.07) is 24.4. The van der Waals surface area contributed by atoms with Crippen molar-refractivity contribution in [3.05, 3.63) is 101 Å². The second-order valence-electron chi connectivity index (χ2n) is 8.35. The van der Waals surface area contributed by atoms with E-state index >= 15 is 0 Å². The van der Waals surface area contributed by atoms with Crippen LogP contribution in [-0.4, -0.2) is 11.4 Å². The monoisotopic (exact) mass is 373 g/mol. The summed E-state index contributed by atoms with van der Waals surface area (Å²) in [4.78, 5) is 15.3. The lowest BCUT2D eigenvalue weighted by molar-refractivity contribution is 0.0948. The molecule has 0 bridgehead atoms. The van der Waals surface area contributed by atoms with Gasteiger partial charge in [0.25, 0.3) is 5.91 Å². The van der Waals surface area contributed by atoms with Gasteiger partial charge in [0, 0.05) is 22.2 Å². The van der Waals surface area contributed by atoms with Crippen LogP contribution in [0.25, 0.3) is 0 Å². The number of nitrogens with zero attached hydrogens (tertiary/aromatic N) is 1. The first-order chi connectivity index (χ1) is 13.3. The number of para-hydroxylation sites is 1. The average Bonchev–Trinajstić information content (AvgIpc) is 2.68. The number of carbonyl (C=O) groups is 1. The van der Waals surface area contributed by atoms with Crippen molar-refractivity contribution in [1.29, 1.82) is 0 Å². The Balaban J connectivity index is 1.88. The van der Waals surface area contributed by atoms with Crippen molar-refractivity contribution in [2.45, 2.75) is 38.1 Å². The van der Waals surface area contributed by atoms with Crippen LogP contribution in [0.15, 0.2) is 78.9 Å². The minimum absolute atomic E-state index is 0.104. The minimum atomic E-state index is -0.412. The van der Waals surface area contributed by atoms with Crippen molar-refractivity contribution in [3.63, 3.8) is 0 Å². The van der Waals surface area contributed by atoms with Gasteiger partial charge in [-0.15, -0.1) is 0 Å². The molecule has 0 aliphatic carbocycles. The third-order valence-electron chi connectivity index (χ3n) is 5.84. The van der Waals surface area contributed by atoms with Crippen molar-refractivity contribution in [1.82, 2.24) is 0 Å². The molecular formula is C25H24FNO. The highest BCUT2D eigenvalue weighted by Gasteiger charge is 2.47. The number of fused-ring (bicyclic) bond motifs is 1. The normalized spacial score (nSPS) is 20.5. The Morgan fingerprint density at radius 2 is 1.46 bits per heavy atom. The van der Waals surface area contributed by atoms with Gasteiger partial charge in [-0.05, 0) is 61.7 Å². The molecule has 142 valence electrons. The summed E-state index contributed by atoms with van der Waals surface area (Å²) in [7, 11) is 0. The maximum Gasteiger partial charge on any atom is 0.258 e. The van der Waals surface area contributed by atoms with E-state index in [1.807, 2.05) is 29.2 Å². The van der Waals surface area contributed by atoms with E-state index in [-0.39, 0.29) is 17.1 Å². The van der Waals surface area contributed by atoms with Gasteiger partial charge in [0.1, 0.15) is 5.82 Å². The number of carbonyl (C=O) groups excluding carboxylic acids is 1. The predicted octanol–water partition coefficient (Wildman–Crippen LogP) is 5.96. The van der Waals surface area contributed by atoms with E-state index in [9.17, 15) is 9.18 Å². The summed E-state index contributed by atoms with van der Waals surface area (Å²) < 4.78 is 13.3. The SMILES string of the molecule is CC1(c2ccccc2)CC(C)(C)N(C(=O)c2ccc(F)cc2)c2ccccc21. The number of hydrogen-bond donors (Lipinski definition) is 0. The topological polar surface area (TPSA) is 20.3 Å². The summed E-state index contributed by atoms with van der Waals surface area (Å²) in [6.45, 7) is 6.46. The fourth-order valence-electron chi connectivity index (χ4n) is 4.67. The summed E-state index contributed by atoms with van der Waals surface area (Å²) in [6.07, 6.45) is 0.786. The molecule has 1 heterocycles. The van der Waals surface area contributed by atoms with Crippen molar-refractivity contribution < 1.29 is 9.18 Å². The second-order valence-corrected chi connectivity index (χ2v) is 8.35. The Morgan fingerprint density at radius 3 is 2.14 bits per heavy atom. The number of halogens is 1. The Kier molecular flexibility index (Phi) is 4.34. The molecule has 4 rings (SSSR count). The molecule has 0 aromatic heterocycles. The molecule has 28 heavy (non-hydrogen) atoms. The second kappa shape index (κ2) is 6.59. The van der Waals surface area contributed by atoms with Crippen LogP contribution < -0.4 is 4.90 Å². The first-order valence-corrected chi connectivity index (χ1v) is 9.58. The molecule has 1 amide bonds. The molecule has 0 spiro atoms. The maximum atomic E-state index is 13.4. The Labute approximate surface area is 165 Å². The lowest BCUT2D eigenvalue weighted by Gasteiger charge is -2.51. The van der Waals surface area contributed by atoms with Gasteiger partial charge in [-0.1, -0.05) is 55.5 Å². The minimum Gasteiger partial charge on any atom is -0.302 e. The molecular weight excluding hydrogens is 349 g/mol. The molecule has 3 aromatic carbocycles. The summed E-state index contributed by atoms with van der Waals surface area (Å²) >= 11 is 0. The lowest BCUT2D eigenvalue weighted by atomic mass is 9.65. The van der Waals surface area contributed by atoms with Gasteiger partial charge >= 0.3 is 0 Å². The zero-order valence-corrected chi connectivity index (χ0v) is 16.4. The molecule has 0 N–H and O–H groups in total. The molecule has 0 saturated heterocycles. The van der Waals surface area contributed by atoms with Crippen molar-refractivity contribution in [2.24, 2.45) is 0 Å². The highest BCUT2D eigenvalue weighted by atomic mass is 19.1. The lowest BCUT2D eigenvalue weighted by Crippen LogP contribution is -2.55. The highest BCUT2D eigenvalue weighted by molar-refractivity contribution is 6.08. The molecule has 3 heteroatoms. The van der Waals surface area contributed by atoms with Crippen molar-refractivity contribution in [3.8, 4) is 0 Å². The van der Waals surface area contributed by atoms with Gasteiger partial charge in [0.05, 0.1) is 0 Å². The average molecular weight is 373 g/mol.